The fourth-order valence-electron chi connectivity index (χ4n) is 7.91. The maximum Gasteiger partial charge on any atom is 0.397 e. The van der Waals surface area contributed by atoms with Crippen LogP contribution in [0.15, 0.2) is 85.1 Å². The van der Waals surface area contributed by atoms with E-state index in [0.29, 0.717) is 13.0 Å². The van der Waals surface area contributed by atoms with Crippen LogP contribution in [-0.2, 0) is 38.3 Å². The average Bonchev–Trinajstić information content (AvgIpc) is 3.34. The molecule has 4 N–H and O–H groups in total. The van der Waals surface area contributed by atoms with Crippen LogP contribution in [0.3, 0.4) is 0 Å². The van der Waals surface area contributed by atoms with Gasteiger partial charge in [0, 0.05) is 13.0 Å². The number of rotatable bonds is 47. The molecule has 0 saturated carbocycles. The zero-order valence-corrected chi connectivity index (χ0v) is 44.4. The molecule has 0 aromatic heterocycles. The molecule has 0 aliphatic carbocycles. The van der Waals surface area contributed by atoms with Gasteiger partial charge in [0.05, 0.1) is 19.8 Å². The molecule has 0 aromatic carbocycles. The van der Waals surface area contributed by atoms with Crippen molar-refractivity contribution < 1.29 is 56.2 Å². The Balaban J connectivity index is 2.36. The van der Waals surface area contributed by atoms with Crippen LogP contribution in [0.5, 0.6) is 0 Å². The van der Waals surface area contributed by atoms with Gasteiger partial charge in [0.1, 0.15) is 30.5 Å². The number of unbranched alkanes of at least 4 members (excludes halogenated alkanes) is 20. The summed E-state index contributed by atoms with van der Waals surface area (Å²) in [6.07, 6.45) is 54.7. The van der Waals surface area contributed by atoms with E-state index in [1.807, 2.05) is 0 Å². The second-order valence-corrected chi connectivity index (χ2v) is 19.5. The molecule has 1 rings (SSSR count). The van der Waals surface area contributed by atoms with Crippen molar-refractivity contribution in [3.63, 3.8) is 0 Å². The third kappa shape index (κ3) is 39.8. The Bertz CT molecular complexity index is 1540. The largest absolute Gasteiger partial charge is 0.457 e. The summed E-state index contributed by atoms with van der Waals surface area (Å²) in [6.45, 7) is 3.83. The van der Waals surface area contributed by atoms with E-state index in [1.54, 1.807) is 0 Å². The SMILES string of the molecule is CC/C=C\C/C=C\C/C=C\C/C=C\C/C=C\C/C=C\CCCCCCCOCC(COC1OC(CO)C(O)C(OS(=O)(=O)O)C1O)OC(=O)CCCCCCCCCCC/C=C\CCCCCCCC. The Morgan fingerprint density at radius 2 is 0.986 bits per heavy atom. The van der Waals surface area contributed by atoms with E-state index in [9.17, 15) is 33.1 Å². The van der Waals surface area contributed by atoms with Crippen LogP contribution in [-0.4, -0.2) is 97.5 Å². The fraction of sp³-hybridized carbons (Fsp3) is 0.737. The number of esters is 1. The van der Waals surface area contributed by atoms with Crippen molar-refractivity contribution in [2.75, 3.05) is 26.4 Å². The summed E-state index contributed by atoms with van der Waals surface area (Å²) in [5, 5.41) is 30.8. The minimum atomic E-state index is -5.07. The maximum absolute atomic E-state index is 12.9. The summed E-state index contributed by atoms with van der Waals surface area (Å²) < 4.78 is 59.3. The van der Waals surface area contributed by atoms with E-state index in [2.05, 4.69) is 103 Å². The van der Waals surface area contributed by atoms with Gasteiger partial charge in [0.25, 0.3) is 0 Å². The van der Waals surface area contributed by atoms with E-state index in [1.165, 1.54) is 83.5 Å². The second kappa shape index (κ2) is 47.3. The van der Waals surface area contributed by atoms with Crippen molar-refractivity contribution in [3.8, 4) is 0 Å². The zero-order chi connectivity index (χ0) is 51.0. The quantitative estimate of drug-likeness (QED) is 0.0197. The highest BCUT2D eigenvalue weighted by atomic mass is 32.3. The molecule has 1 fully saturated rings. The number of carbonyl (C=O) groups excluding carboxylic acids is 1. The molecule has 6 unspecified atom stereocenters. The van der Waals surface area contributed by atoms with Crippen LogP contribution in [0.2, 0.25) is 0 Å². The predicted octanol–water partition coefficient (Wildman–Crippen LogP) is 13.2. The molecule has 70 heavy (non-hydrogen) atoms. The average molecular weight is 1010 g/mol. The van der Waals surface area contributed by atoms with Gasteiger partial charge in [-0.1, -0.05) is 195 Å². The first-order valence-corrected chi connectivity index (χ1v) is 28.7. The van der Waals surface area contributed by atoms with Crippen molar-refractivity contribution in [1.82, 2.24) is 0 Å². The van der Waals surface area contributed by atoms with Crippen LogP contribution in [0, 0.1) is 0 Å². The lowest BCUT2D eigenvalue weighted by Crippen LogP contribution is -2.60. The number of aliphatic hydroxyl groups excluding tert-OH is 3. The Morgan fingerprint density at radius 3 is 1.46 bits per heavy atom. The van der Waals surface area contributed by atoms with E-state index < -0.39 is 59.8 Å². The van der Waals surface area contributed by atoms with Crippen molar-refractivity contribution in [3.05, 3.63) is 85.1 Å². The Labute approximate surface area is 425 Å². The molecule has 0 spiro atoms. The Morgan fingerprint density at radius 1 is 0.557 bits per heavy atom. The van der Waals surface area contributed by atoms with Crippen LogP contribution in [0.4, 0.5) is 0 Å². The smallest absolute Gasteiger partial charge is 0.397 e. The topological polar surface area (TPSA) is 178 Å². The van der Waals surface area contributed by atoms with Gasteiger partial charge >= 0.3 is 16.4 Å². The van der Waals surface area contributed by atoms with E-state index in [0.717, 1.165) is 96.3 Å². The normalized spacial score (nSPS) is 19.8. The standard InChI is InChI=1S/C57H98O12S/c1-3-5-7-9-11-13-15-17-19-21-23-24-25-26-27-29-31-33-35-37-39-41-43-45-47-65-49-51(50-66-57-55(61)56(69-70(62,63)64)54(60)52(48-58)68-57)67-53(59)46-44-42-40-38-36-34-32-30-28-22-20-18-16-14-12-10-8-6-4-2/h5,7,11,13,17-20,23-24,26-27,31,33,51-52,54-58,60-61H,3-4,6,8-10,12,14-16,21-22,25,28-30,32,34-50H2,1-2H3,(H,62,63,64)/b7-5-,13-11-,19-17-,20-18-,24-23-,27-26-,33-31-. The van der Waals surface area contributed by atoms with Gasteiger partial charge in [-0.3, -0.25) is 9.35 Å². The number of hydrogen-bond acceptors (Lipinski definition) is 11. The lowest BCUT2D eigenvalue weighted by Gasteiger charge is -2.41. The minimum Gasteiger partial charge on any atom is -0.457 e. The number of aliphatic hydroxyl groups is 3. The van der Waals surface area contributed by atoms with Crippen LogP contribution >= 0.6 is 0 Å². The van der Waals surface area contributed by atoms with Crippen LogP contribution in [0.25, 0.3) is 0 Å². The first-order chi connectivity index (χ1) is 34.1. The predicted molar refractivity (Wildman–Crippen MR) is 285 cm³/mol. The first kappa shape index (κ1) is 65.3. The molecular formula is C57H98O12S. The van der Waals surface area contributed by atoms with Gasteiger partial charge in [0.15, 0.2) is 6.29 Å². The molecule has 6 atom stereocenters. The molecule has 1 saturated heterocycles. The van der Waals surface area contributed by atoms with Crippen molar-refractivity contribution in [2.24, 2.45) is 0 Å². The van der Waals surface area contributed by atoms with Gasteiger partial charge in [-0.15, -0.1) is 0 Å². The third-order valence-corrected chi connectivity index (χ3v) is 12.5. The molecule has 0 bridgehead atoms. The number of carbonyl (C=O) groups is 1. The number of ether oxygens (including phenoxy) is 4. The summed E-state index contributed by atoms with van der Waals surface area (Å²) in [5.41, 5.74) is 0. The molecule has 12 nitrogen and oxygen atoms in total. The molecule has 1 aliphatic rings. The first-order valence-electron chi connectivity index (χ1n) is 27.3. The van der Waals surface area contributed by atoms with Gasteiger partial charge < -0.3 is 34.3 Å². The summed E-state index contributed by atoms with van der Waals surface area (Å²) in [7, 11) is -5.07. The molecule has 0 aromatic rings. The van der Waals surface area contributed by atoms with Crippen molar-refractivity contribution in [1.29, 1.82) is 0 Å². The number of hydrogen-bond donors (Lipinski definition) is 4. The van der Waals surface area contributed by atoms with Crippen molar-refractivity contribution >= 4 is 16.4 Å². The molecule has 0 amide bonds. The molecule has 13 heteroatoms. The van der Waals surface area contributed by atoms with Crippen LogP contribution < -0.4 is 0 Å². The lowest BCUT2D eigenvalue weighted by atomic mass is 9.99. The van der Waals surface area contributed by atoms with Gasteiger partial charge in [0.2, 0.25) is 0 Å². The molecule has 0 radical (unpaired) electrons. The summed E-state index contributed by atoms with van der Waals surface area (Å²) in [5.74, 6) is -0.411. The van der Waals surface area contributed by atoms with Crippen LogP contribution in [0.1, 0.15) is 206 Å². The van der Waals surface area contributed by atoms with Gasteiger partial charge in [-0.05, 0) is 89.9 Å². The minimum absolute atomic E-state index is 0.0176. The molecule has 1 heterocycles. The molecule has 404 valence electrons. The highest BCUT2D eigenvalue weighted by Gasteiger charge is 2.48. The van der Waals surface area contributed by atoms with E-state index in [4.69, 9.17) is 18.9 Å². The Hall–Kier alpha value is -2.72. The zero-order valence-electron chi connectivity index (χ0n) is 43.6. The van der Waals surface area contributed by atoms with Gasteiger partial charge in [-0.25, -0.2) is 4.18 Å². The monoisotopic (exact) mass is 1010 g/mol. The molecule has 1 aliphatic heterocycles. The highest BCUT2D eigenvalue weighted by molar-refractivity contribution is 7.80. The molecular weight excluding hydrogens is 909 g/mol. The second-order valence-electron chi connectivity index (χ2n) is 18.4. The maximum atomic E-state index is 12.9. The summed E-state index contributed by atoms with van der Waals surface area (Å²) in [6, 6.07) is 0. The van der Waals surface area contributed by atoms with E-state index >= 15 is 0 Å². The highest BCUT2D eigenvalue weighted by Crippen LogP contribution is 2.26. The third-order valence-electron chi connectivity index (χ3n) is 12.0. The summed E-state index contributed by atoms with van der Waals surface area (Å²) in [4.78, 5) is 12.9. The summed E-state index contributed by atoms with van der Waals surface area (Å²) >= 11 is 0. The number of allylic oxidation sites excluding steroid dienone is 14. The van der Waals surface area contributed by atoms with Crippen molar-refractivity contribution in [2.45, 2.75) is 243 Å². The van der Waals surface area contributed by atoms with E-state index in [-0.39, 0.29) is 19.6 Å². The van der Waals surface area contributed by atoms with Gasteiger partial charge in [-0.2, -0.15) is 8.42 Å². The lowest BCUT2D eigenvalue weighted by molar-refractivity contribution is -0.301. The fourth-order valence-corrected chi connectivity index (χ4v) is 8.41. The Kier molecular flexibility index (Phi) is 44.1.